The SMILES string of the molecule is O=C(OCc1nc2ccsc2c(=O)[nH]1)C12C[C@@H]3C[C@@H](CC(O)(C3)C1)C2. The van der Waals surface area contributed by atoms with Crippen LogP contribution in [0.1, 0.15) is 44.3 Å². The first-order chi connectivity index (χ1) is 11.9. The number of aromatic amines is 1. The molecule has 0 amide bonds. The van der Waals surface area contributed by atoms with E-state index in [1.807, 2.05) is 5.38 Å². The Labute approximate surface area is 148 Å². The van der Waals surface area contributed by atoms with Gasteiger partial charge in [0.2, 0.25) is 0 Å². The minimum atomic E-state index is -0.689. The number of ether oxygens (including phenoxy) is 1. The predicted molar refractivity (Wildman–Crippen MR) is 92.1 cm³/mol. The first-order valence-corrected chi connectivity index (χ1v) is 9.69. The van der Waals surface area contributed by atoms with Gasteiger partial charge in [0.1, 0.15) is 17.1 Å². The van der Waals surface area contributed by atoms with E-state index < -0.39 is 11.0 Å². The summed E-state index contributed by atoms with van der Waals surface area (Å²) in [5, 5.41) is 12.6. The highest BCUT2D eigenvalue weighted by atomic mass is 32.1. The Hall–Kier alpha value is -1.73. The van der Waals surface area contributed by atoms with Crippen LogP contribution < -0.4 is 5.56 Å². The molecule has 2 unspecified atom stereocenters. The number of carbonyl (C=O) groups is 1. The Morgan fingerprint density at radius 2 is 2.12 bits per heavy atom. The Morgan fingerprint density at radius 1 is 1.36 bits per heavy atom. The highest BCUT2D eigenvalue weighted by molar-refractivity contribution is 7.17. The van der Waals surface area contributed by atoms with Crippen molar-refractivity contribution in [3.05, 3.63) is 27.6 Å². The molecule has 4 saturated carbocycles. The molecule has 0 radical (unpaired) electrons. The van der Waals surface area contributed by atoms with Crippen molar-refractivity contribution in [1.29, 1.82) is 0 Å². The molecule has 4 fully saturated rings. The van der Waals surface area contributed by atoms with Gasteiger partial charge in [0, 0.05) is 0 Å². The van der Waals surface area contributed by atoms with Gasteiger partial charge in [-0.1, -0.05) is 0 Å². The van der Waals surface area contributed by atoms with E-state index in [4.69, 9.17) is 4.74 Å². The van der Waals surface area contributed by atoms with E-state index in [1.54, 1.807) is 6.07 Å². The number of hydrogen-bond donors (Lipinski definition) is 2. The summed E-state index contributed by atoms with van der Waals surface area (Å²) < 4.78 is 6.14. The molecule has 6 nitrogen and oxygen atoms in total. The number of rotatable bonds is 3. The van der Waals surface area contributed by atoms with Crippen LogP contribution in [-0.4, -0.2) is 26.6 Å². The maximum absolute atomic E-state index is 12.9. The third-order valence-corrected chi connectivity index (χ3v) is 7.07. The Morgan fingerprint density at radius 3 is 2.84 bits per heavy atom. The average Bonchev–Trinajstić information content (AvgIpc) is 2.99. The van der Waals surface area contributed by atoms with Crippen molar-refractivity contribution in [1.82, 2.24) is 9.97 Å². The maximum Gasteiger partial charge on any atom is 0.312 e. The van der Waals surface area contributed by atoms with E-state index in [0.717, 1.165) is 32.1 Å². The summed E-state index contributed by atoms with van der Waals surface area (Å²) in [5.74, 6) is 0.985. The van der Waals surface area contributed by atoms with Crippen LogP contribution in [0.4, 0.5) is 0 Å². The lowest BCUT2D eigenvalue weighted by Gasteiger charge is -2.58. The minimum Gasteiger partial charge on any atom is -0.457 e. The number of aliphatic hydroxyl groups is 1. The molecule has 6 rings (SSSR count). The molecule has 4 atom stereocenters. The number of carbonyl (C=O) groups excluding carboxylic acids is 1. The highest BCUT2D eigenvalue weighted by Gasteiger charge is 2.60. The zero-order valence-electron chi connectivity index (χ0n) is 13.8. The second kappa shape index (κ2) is 5.14. The van der Waals surface area contributed by atoms with E-state index >= 15 is 0 Å². The summed E-state index contributed by atoms with van der Waals surface area (Å²) in [5.41, 5.74) is -0.810. The van der Waals surface area contributed by atoms with Crippen LogP contribution in [0.15, 0.2) is 16.2 Å². The monoisotopic (exact) mass is 360 g/mol. The fraction of sp³-hybridized carbons (Fsp3) is 0.611. The normalized spacial score (nSPS) is 36.0. The van der Waals surface area contributed by atoms with E-state index in [2.05, 4.69) is 9.97 Å². The predicted octanol–water partition coefficient (Wildman–Crippen LogP) is 2.36. The van der Waals surface area contributed by atoms with Gasteiger partial charge < -0.3 is 14.8 Å². The van der Waals surface area contributed by atoms with Gasteiger partial charge in [-0.25, -0.2) is 4.98 Å². The van der Waals surface area contributed by atoms with Crippen molar-refractivity contribution in [2.75, 3.05) is 0 Å². The Balaban J connectivity index is 1.36. The molecule has 2 aromatic heterocycles. The van der Waals surface area contributed by atoms with Gasteiger partial charge in [-0.05, 0) is 61.8 Å². The van der Waals surface area contributed by atoms with Crippen LogP contribution in [-0.2, 0) is 16.1 Å². The first kappa shape index (κ1) is 15.5. The molecule has 25 heavy (non-hydrogen) atoms. The third kappa shape index (κ3) is 2.44. The number of nitrogens with one attached hydrogen (secondary N) is 1. The quantitative estimate of drug-likeness (QED) is 0.820. The summed E-state index contributed by atoms with van der Waals surface area (Å²) in [6.45, 7) is -0.0324. The number of nitrogens with zero attached hydrogens (tertiary/aromatic N) is 1. The summed E-state index contributed by atoms with van der Waals surface area (Å²) in [7, 11) is 0. The van der Waals surface area contributed by atoms with Crippen LogP contribution >= 0.6 is 11.3 Å². The van der Waals surface area contributed by atoms with Crippen LogP contribution in [0.3, 0.4) is 0 Å². The molecule has 2 N–H and O–H groups in total. The number of esters is 1. The van der Waals surface area contributed by atoms with Crippen molar-refractivity contribution in [3.63, 3.8) is 0 Å². The number of thiophene rings is 1. The zero-order valence-corrected chi connectivity index (χ0v) is 14.6. The third-order valence-electron chi connectivity index (χ3n) is 6.17. The molecule has 4 aliphatic carbocycles. The number of H-pyrrole nitrogens is 1. The fourth-order valence-corrected chi connectivity index (χ4v) is 6.46. The van der Waals surface area contributed by atoms with Crippen molar-refractivity contribution in [2.45, 2.75) is 50.7 Å². The lowest BCUT2D eigenvalue weighted by Crippen LogP contribution is -2.58. The lowest BCUT2D eigenvalue weighted by molar-refractivity contribution is -0.197. The van der Waals surface area contributed by atoms with Gasteiger partial charge in [-0.2, -0.15) is 0 Å². The van der Waals surface area contributed by atoms with Gasteiger partial charge >= 0.3 is 5.97 Å². The average molecular weight is 360 g/mol. The molecule has 7 heteroatoms. The zero-order chi connectivity index (χ0) is 17.2. The van der Waals surface area contributed by atoms with E-state index in [-0.39, 0.29) is 18.1 Å². The summed E-state index contributed by atoms with van der Waals surface area (Å²) in [6.07, 6.45) is 4.92. The van der Waals surface area contributed by atoms with E-state index in [1.165, 1.54) is 11.3 Å². The highest BCUT2D eigenvalue weighted by Crippen LogP contribution is 2.62. The standard InChI is InChI=1S/C18H20N2O4S/c21-15-14-12(1-2-25-14)19-13(20-15)8-24-16(22)17-4-10-3-11(5-17)7-18(23,6-10)9-17/h1-2,10-11,23H,3-9H2,(H,19,20,21)/t10-,11+,17?,18?. The van der Waals surface area contributed by atoms with Crippen molar-refractivity contribution < 1.29 is 14.6 Å². The molecule has 0 aliphatic heterocycles. The first-order valence-electron chi connectivity index (χ1n) is 8.81. The Bertz CT molecular complexity index is 903. The molecule has 4 aliphatic rings. The summed E-state index contributed by atoms with van der Waals surface area (Å²) >= 11 is 1.34. The molecule has 2 heterocycles. The molecule has 0 aromatic carbocycles. The second-order valence-electron chi connectivity index (χ2n) is 8.19. The van der Waals surface area contributed by atoms with Crippen molar-refractivity contribution >= 4 is 27.5 Å². The van der Waals surface area contributed by atoms with Crippen LogP contribution in [0.2, 0.25) is 0 Å². The molecule has 132 valence electrons. The van der Waals surface area contributed by atoms with E-state index in [0.29, 0.717) is 34.3 Å². The molecule has 2 aromatic rings. The molecule has 0 spiro atoms. The molecule has 4 bridgehead atoms. The van der Waals surface area contributed by atoms with Crippen LogP contribution in [0.25, 0.3) is 10.2 Å². The second-order valence-corrected chi connectivity index (χ2v) is 9.11. The van der Waals surface area contributed by atoms with Gasteiger partial charge in [0.15, 0.2) is 0 Å². The topological polar surface area (TPSA) is 92.3 Å². The van der Waals surface area contributed by atoms with Crippen LogP contribution in [0.5, 0.6) is 0 Å². The fourth-order valence-electron chi connectivity index (χ4n) is 5.73. The van der Waals surface area contributed by atoms with Gasteiger partial charge in [-0.15, -0.1) is 11.3 Å². The minimum absolute atomic E-state index is 0.0324. The van der Waals surface area contributed by atoms with Gasteiger partial charge in [0.25, 0.3) is 5.56 Å². The van der Waals surface area contributed by atoms with Crippen LogP contribution in [0, 0.1) is 17.3 Å². The largest absolute Gasteiger partial charge is 0.457 e. The van der Waals surface area contributed by atoms with Crippen molar-refractivity contribution in [3.8, 4) is 0 Å². The van der Waals surface area contributed by atoms with E-state index in [9.17, 15) is 14.7 Å². The molecular formula is C18H20N2O4S. The lowest BCUT2D eigenvalue weighted by atomic mass is 9.48. The number of hydrogen-bond acceptors (Lipinski definition) is 6. The smallest absolute Gasteiger partial charge is 0.312 e. The van der Waals surface area contributed by atoms with Gasteiger partial charge in [0.05, 0.1) is 16.5 Å². The number of fused-ring (bicyclic) bond motifs is 1. The summed E-state index contributed by atoms with van der Waals surface area (Å²) in [4.78, 5) is 31.9. The number of aromatic nitrogens is 2. The Kier molecular flexibility index (Phi) is 3.19. The summed E-state index contributed by atoms with van der Waals surface area (Å²) in [6, 6.07) is 1.79. The van der Waals surface area contributed by atoms with Gasteiger partial charge in [-0.3, -0.25) is 9.59 Å². The maximum atomic E-state index is 12.9. The molecule has 0 saturated heterocycles. The molecular weight excluding hydrogens is 340 g/mol. The van der Waals surface area contributed by atoms with Crippen molar-refractivity contribution in [2.24, 2.45) is 17.3 Å².